The van der Waals surface area contributed by atoms with Gasteiger partial charge in [0.25, 0.3) is 0 Å². The molecule has 0 aliphatic carbocycles. The molecule has 0 spiro atoms. The molecule has 10 heteroatoms. The van der Waals surface area contributed by atoms with E-state index in [9.17, 15) is 18.0 Å². The first kappa shape index (κ1) is 18.1. The number of alkyl halides is 3. The minimum Gasteiger partial charge on any atom is -0.461 e. The monoisotopic (exact) mass is 430 g/mol. The second-order valence-corrected chi connectivity index (χ2v) is 5.84. The highest BCUT2D eigenvalue weighted by Crippen LogP contribution is 2.45. The first-order chi connectivity index (χ1) is 10.7. The Morgan fingerprint density at radius 3 is 2.65 bits per heavy atom. The molecule has 1 aromatic carbocycles. The number of ether oxygens (including phenoxy) is 1. The molecule has 1 N–H and O–H groups in total. The van der Waals surface area contributed by atoms with Crippen LogP contribution in [-0.2, 0) is 10.9 Å². The van der Waals surface area contributed by atoms with E-state index in [0.29, 0.717) is 0 Å². The molecule has 0 saturated heterocycles. The standard InChI is InChI=1S/C13H8BrCl2F3N2O2/c1-2-23-12(22)7-4-20-11(21-7)8-6(15)3-5(13(17,18)19)9(14)10(8)16/h3-4H,2H2,1H3,(H,20,21). The van der Waals surface area contributed by atoms with E-state index in [1.807, 2.05) is 0 Å². The van der Waals surface area contributed by atoms with Gasteiger partial charge in [-0.05, 0) is 28.9 Å². The molecule has 0 amide bonds. The van der Waals surface area contributed by atoms with E-state index in [-0.39, 0.29) is 38.2 Å². The molecule has 0 saturated carbocycles. The van der Waals surface area contributed by atoms with E-state index in [0.717, 1.165) is 6.07 Å². The fourth-order valence-corrected chi connectivity index (χ4v) is 2.95. The lowest BCUT2D eigenvalue weighted by Gasteiger charge is -2.14. The number of imidazole rings is 1. The van der Waals surface area contributed by atoms with Gasteiger partial charge in [0.15, 0.2) is 5.69 Å². The molecule has 2 aromatic rings. The maximum Gasteiger partial charge on any atom is 0.417 e. The summed E-state index contributed by atoms with van der Waals surface area (Å²) in [7, 11) is 0. The van der Waals surface area contributed by atoms with Gasteiger partial charge in [0.05, 0.1) is 27.8 Å². The number of H-pyrrole nitrogens is 1. The number of hydrogen-bond donors (Lipinski definition) is 1. The van der Waals surface area contributed by atoms with E-state index in [1.54, 1.807) is 6.92 Å². The van der Waals surface area contributed by atoms with Gasteiger partial charge in [-0.15, -0.1) is 0 Å². The van der Waals surface area contributed by atoms with Gasteiger partial charge in [-0.3, -0.25) is 0 Å². The second kappa shape index (κ2) is 6.70. The molecule has 1 aromatic heterocycles. The summed E-state index contributed by atoms with van der Waals surface area (Å²) in [4.78, 5) is 18.2. The van der Waals surface area contributed by atoms with Crippen molar-refractivity contribution >= 4 is 45.1 Å². The molecule has 0 unspecified atom stereocenters. The van der Waals surface area contributed by atoms with Crippen molar-refractivity contribution in [2.75, 3.05) is 6.61 Å². The van der Waals surface area contributed by atoms with Crippen molar-refractivity contribution in [3.63, 3.8) is 0 Å². The molecule has 4 nitrogen and oxygen atoms in total. The van der Waals surface area contributed by atoms with Crippen LogP contribution >= 0.6 is 39.1 Å². The Bertz CT molecular complexity index is 762. The van der Waals surface area contributed by atoms with Crippen LogP contribution in [0.15, 0.2) is 16.7 Å². The van der Waals surface area contributed by atoms with Gasteiger partial charge in [-0.2, -0.15) is 13.2 Å². The Hall–Kier alpha value is -1.25. The number of carbonyl (C=O) groups excluding carboxylic acids is 1. The molecule has 2 rings (SSSR count). The molecule has 0 bridgehead atoms. The zero-order valence-electron chi connectivity index (χ0n) is 11.4. The number of rotatable bonds is 3. The Morgan fingerprint density at radius 1 is 1.43 bits per heavy atom. The average molecular weight is 432 g/mol. The van der Waals surface area contributed by atoms with Gasteiger partial charge in [0.1, 0.15) is 5.82 Å². The smallest absolute Gasteiger partial charge is 0.417 e. The topological polar surface area (TPSA) is 55.0 Å². The lowest BCUT2D eigenvalue weighted by Crippen LogP contribution is -2.07. The van der Waals surface area contributed by atoms with Crippen LogP contribution in [0.2, 0.25) is 10.0 Å². The molecule has 23 heavy (non-hydrogen) atoms. The minimum absolute atomic E-state index is 0.0370. The zero-order valence-corrected chi connectivity index (χ0v) is 14.5. The molecule has 0 atom stereocenters. The molecule has 0 aliphatic heterocycles. The third kappa shape index (κ3) is 3.64. The molecule has 0 fully saturated rings. The number of nitrogens with one attached hydrogen (secondary N) is 1. The quantitative estimate of drug-likeness (QED) is 0.527. The summed E-state index contributed by atoms with van der Waals surface area (Å²) < 4.78 is 43.1. The van der Waals surface area contributed by atoms with Gasteiger partial charge >= 0.3 is 12.1 Å². The number of nitrogens with zero attached hydrogens (tertiary/aromatic N) is 1. The fraction of sp³-hybridized carbons (Fsp3) is 0.231. The number of aromatic amines is 1. The van der Waals surface area contributed by atoms with Crippen LogP contribution in [0.3, 0.4) is 0 Å². The molecule has 0 aliphatic rings. The fourth-order valence-electron chi connectivity index (χ4n) is 1.78. The second-order valence-electron chi connectivity index (χ2n) is 4.26. The summed E-state index contributed by atoms with van der Waals surface area (Å²) >= 11 is 14.7. The van der Waals surface area contributed by atoms with Gasteiger partial charge < -0.3 is 9.72 Å². The molecular weight excluding hydrogens is 424 g/mol. The summed E-state index contributed by atoms with van der Waals surface area (Å²) in [5.74, 6) is -0.620. The van der Waals surface area contributed by atoms with Crippen molar-refractivity contribution in [2.24, 2.45) is 0 Å². The Labute approximate surface area is 147 Å². The minimum atomic E-state index is -4.62. The summed E-state index contributed by atoms with van der Waals surface area (Å²) in [6.45, 7) is 1.79. The lowest BCUT2D eigenvalue weighted by atomic mass is 10.1. The third-order valence-electron chi connectivity index (χ3n) is 2.76. The predicted molar refractivity (Wildman–Crippen MR) is 82.7 cm³/mol. The zero-order chi connectivity index (χ0) is 17.4. The van der Waals surface area contributed by atoms with Gasteiger partial charge in [-0.1, -0.05) is 23.2 Å². The van der Waals surface area contributed by atoms with Crippen LogP contribution in [0, 0.1) is 0 Å². The molecule has 1 heterocycles. The lowest BCUT2D eigenvalue weighted by molar-refractivity contribution is -0.138. The van der Waals surface area contributed by atoms with Crippen molar-refractivity contribution in [1.29, 1.82) is 0 Å². The predicted octanol–water partition coefficient (Wildman–Crippen LogP) is 5.34. The van der Waals surface area contributed by atoms with Crippen molar-refractivity contribution in [3.05, 3.63) is 38.0 Å². The molecule has 0 radical (unpaired) electrons. The number of hydrogen-bond acceptors (Lipinski definition) is 3. The normalized spacial score (nSPS) is 11.6. The van der Waals surface area contributed by atoms with Crippen LogP contribution in [0.5, 0.6) is 0 Å². The number of carbonyl (C=O) groups is 1. The first-order valence-electron chi connectivity index (χ1n) is 6.14. The van der Waals surface area contributed by atoms with E-state index in [2.05, 4.69) is 25.9 Å². The van der Waals surface area contributed by atoms with Gasteiger partial charge in [0.2, 0.25) is 0 Å². The molecular formula is C13H8BrCl2F3N2O2. The SMILES string of the molecule is CCOC(=O)c1c[nH]c(-c2c(Cl)cc(C(F)(F)F)c(Br)c2Cl)n1. The van der Waals surface area contributed by atoms with Crippen molar-refractivity contribution in [3.8, 4) is 11.4 Å². The third-order valence-corrected chi connectivity index (χ3v) is 4.49. The highest BCUT2D eigenvalue weighted by atomic mass is 79.9. The summed E-state index contributed by atoms with van der Waals surface area (Å²) in [6, 6.07) is 0.736. The van der Waals surface area contributed by atoms with Crippen molar-refractivity contribution in [2.45, 2.75) is 13.1 Å². The first-order valence-corrected chi connectivity index (χ1v) is 7.69. The highest BCUT2D eigenvalue weighted by Gasteiger charge is 2.36. The number of aromatic nitrogens is 2. The summed E-state index contributed by atoms with van der Waals surface area (Å²) in [6.07, 6.45) is -3.37. The van der Waals surface area contributed by atoms with E-state index < -0.39 is 17.7 Å². The maximum absolute atomic E-state index is 12.9. The van der Waals surface area contributed by atoms with Crippen LogP contribution in [0.1, 0.15) is 23.0 Å². The number of benzene rings is 1. The van der Waals surface area contributed by atoms with Crippen molar-refractivity contribution in [1.82, 2.24) is 9.97 Å². The van der Waals surface area contributed by atoms with Gasteiger partial charge in [-0.25, -0.2) is 9.78 Å². The van der Waals surface area contributed by atoms with E-state index >= 15 is 0 Å². The average Bonchev–Trinajstić information content (AvgIpc) is 2.91. The van der Waals surface area contributed by atoms with Gasteiger partial charge in [0, 0.05) is 10.7 Å². The van der Waals surface area contributed by atoms with Crippen LogP contribution < -0.4 is 0 Å². The molecule has 124 valence electrons. The number of halogens is 6. The summed E-state index contributed by atoms with van der Waals surface area (Å²) in [5, 5.41) is -0.523. The summed E-state index contributed by atoms with van der Waals surface area (Å²) in [5.41, 5.74) is -0.998. The highest BCUT2D eigenvalue weighted by molar-refractivity contribution is 9.10. The van der Waals surface area contributed by atoms with Crippen LogP contribution in [0.4, 0.5) is 13.2 Å². The maximum atomic E-state index is 12.9. The Balaban J connectivity index is 2.53. The largest absolute Gasteiger partial charge is 0.461 e. The van der Waals surface area contributed by atoms with E-state index in [4.69, 9.17) is 27.9 Å². The van der Waals surface area contributed by atoms with Crippen molar-refractivity contribution < 1.29 is 22.7 Å². The Kier molecular flexibility index (Phi) is 5.27. The van der Waals surface area contributed by atoms with Crippen LogP contribution in [0.25, 0.3) is 11.4 Å². The van der Waals surface area contributed by atoms with Crippen LogP contribution in [-0.4, -0.2) is 22.5 Å². The number of esters is 1. The van der Waals surface area contributed by atoms with E-state index in [1.165, 1.54) is 6.20 Å². The Morgan fingerprint density at radius 2 is 2.09 bits per heavy atom.